The molecule has 1 rings (SSSR count). The highest BCUT2D eigenvalue weighted by Gasteiger charge is 2.06. The van der Waals surface area contributed by atoms with Crippen LogP contribution in [0.2, 0.25) is 0 Å². The Morgan fingerprint density at radius 2 is 1.36 bits per heavy atom. The van der Waals surface area contributed by atoms with Crippen molar-refractivity contribution in [2.45, 2.75) is 71.1 Å². The Hall–Kier alpha value is -1.84. The molecule has 0 radical (unpaired) electrons. The van der Waals surface area contributed by atoms with Crippen LogP contribution in [0.25, 0.3) is 0 Å². The molecule has 0 atom stereocenters. The predicted molar refractivity (Wildman–Crippen MR) is 99.5 cm³/mol. The standard InChI is InChI=1S/C21H32O4/c1-2-3-4-5-6-7-11-16-20(22)24-17-12-13-18-25-21(23)19-14-9-8-10-15-19/h8-10,14-15H,2-7,11-13,16-18H2,1H3. The van der Waals surface area contributed by atoms with Crippen molar-refractivity contribution in [3.8, 4) is 0 Å². The minimum atomic E-state index is -0.309. The summed E-state index contributed by atoms with van der Waals surface area (Å²) in [5.74, 6) is -0.425. The van der Waals surface area contributed by atoms with Crippen molar-refractivity contribution in [3.05, 3.63) is 35.9 Å². The second-order valence-corrected chi connectivity index (χ2v) is 6.30. The Morgan fingerprint density at radius 3 is 2.04 bits per heavy atom. The van der Waals surface area contributed by atoms with Crippen LogP contribution in [0.4, 0.5) is 0 Å². The maximum atomic E-state index is 11.7. The molecule has 0 unspecified atom stereocenters. The van der Waals surface area contributed by atoms with E-state index in [0.29, 0.717) is 38.0 Å². The maximum absolute atomic E-state index is 11.7. The zero-order valence-electron chi connectivity index (χ0n) is 15.5. The number of hydrogen-bond donors (Lipinski definition) is 0. The van der Waals surface area contributed by atoms with Crippen LogP contribution in [0.15, 0.2) is 30.3 Å². The van der Waals surface area contributed by atoms with Crippen LogP contribution in [0.3, 0.4) is 0 Å². The normalized spacial score (nSPS) is 10.4. The van der Waals surface area contributed by atoms with Gasteiger partial charge in [-0.25, -0.2) is 4.79 Å². The molecule has 0 aliphatic carbocycles. The van der Waals surface area contributed by atoms with Crippen molar-refractivity contribution >= 4 is 11.9 Å². The summed E-state index contributed by atoms with van der Waals surface area (Å²) in [4.78, 5) is 23.3. The molecular formula is C21H32O4. The van der Waals surface area contributed by atoms with Gasteiger partial charge in [-0.05, 0) is 31.4 Å². The third-order valence-electron chi connectivity index (χ3n) is 4.03. The van der Waals surface area contributed by atoms with Crippen LogP contribution in [0, 0.1) is 0 Å². The molecule has 0 fully saturated rings. The van der Waals surface area contributed by atoms with Crippen LogP contribution in [0.5, 0.6) is 0 Å². The molecule has 0 aliphatic rings. The van der Waals surface area contributed by atoms with Gasteiger partial charge in [0.25, 0.3) is 0 Å². The molecule has 4 nitrogen and oxygen atoms in total. The monoisotopic (exact) mass is 348 g/mol. The number of ether oxygens (including phenoxy) is 2. The molecule has 1 aromatic carbocycles. The lowest BCUT2D eigenvalue weighted by Gasteiger charge is -2.06. The van der Waals surface area contributed by atoms with Crippen LogP contribution in [0.1, 0.15) is 81.5 Å². The van der Waals surface area contributed by atoms with Gasteiger partial charge in [-0.15, -0.1) is 0 Å². The topological polar surface area (TPSA) is 52.6 Å². The minimum absolute atomic E-state index is 0.116. The van der Waals surface area contributed by atoms with E-state index < -0.39 is 0 Å². The molecule has 0 spiro atoms. The summed E-state index contributed by atoms with van der Waals surface area (Å²) < 4.78 is 10.4. The molecule has 0 aliphatic heterocycles. The van der Waals surface area contributed by atoms with Crippen LogP contribution < -0.4 is 0 Å². The summed E-state index contributed by atoms with van der Waals surface area (Å²) in [5, 5.41) is 0. The summed E-state index contributed by atoms with van der Waals surface area (Å²) in [6, 6.07) is 8.93. The Morgan fingerprint density at radius 1 is 0.760 bits per heavy atom. The Bertz CT molecular complexity index is 470. The molecule has 0 aromatic heterocycles. The van der Waals surface area contributed by atoms with Gasteiger partial charge in [-0.3, -0.25) is 4.79 Å². The van der Waals surface area contributed by atoms with Gasteiger partial charge < -0.3 is 9.47 Å². The van der Waals surface area contributed by atoms with Gasteiger partial charge in [-0.2, -0.15) is 0 Å². The first kappa shape index (κ1) is 21.2. The van der Waals surface area contributed by atoms with Crippen molar-refractivity contribution in [1.82, 2.24) is 0 Å². The molecule has 1 aromatic rings. The molecule has 25 heavy (non-hydrogen) atoms. The third kappa shape index (κ3) is 11.4. The van der Waals surface area contributed by atoms with E-state index in [1.54, 1.807) is 24.3 Å². The minimum Gasteiger partial charge on any atom is -0.466 e. The molecule has 0 amide bonds. The van der Waals surface area contributed by atoms with Gasteiger partial charge in [0.2, 0.25) is 0 Å². The highest BCUT2D eigenvalue weighted by Crippen LogP contribution is 2.09. The van der Waals surface area contributed by atoms with E-state index in [2.05, 4.69) is 6.92 Å². The summed E-state index contributed by atoms with van der Waals surface area (Å²) >= 11 is 0. The number of rotatable bonds is 14. The van der Waals surface area contributed by atoms with E-state index in [0.717, 1.165) is 12.8 Å². The quantitative estimate of drug-likeness (QED) is 0.338. The zero-order valence-corrected chi connectivity index (χ0v) is 15.5. The molecule has 0 saturated carbocycles. The van der Waals surface area contributed by atoms with Crippen molar-refractivity contribution < 1.29 is 19.1 Å². The van der Waals surface area contributed by atoms with Crippen LogP contribution >= 0.6 is 0 Å². The first-order valence-electron chi connectivity index (χ1n) is 9.62. The number of unbranched alkanes of at least 4 members (excludes halogenated alkanes) is 7. The van der Waals surface area contributed by atoms with Gasteiger partial charge in [0.05, 0.1) is 18.8 Å². The summed E-state index contributed by atoms with van der Waals surface area (Å²) in [5.41, 5.74) is 0.559. The van der Waals surface area contributed by atoms with Crippen LogP contribution in [-0.2, 0) is 14.3 Å². The second-order valence-electron chi connectivity index (χ2n) is 6.30. The van der Waals surface area contributed by atoms with E-state index in [-0.39, 0.29) is 11.9 Å². The lowest BCUT2D eigenvalue weighted by atomic mass is 10.1. The average molecular weight is 348 g/mol. The number of carbonyl (C=O) groups excluding carboxylic acids is 2. The Labute approximate surface area is 151 Å². The van der Waals surface area contributed by atoms with E-state index in [9.17, 15) is 9.59 Å². The fourth-order valence-electron chi connectivity index (χ4n) is 2.51. The lowest BCUT2D eigenvalue weighted by Crippen LogP contribution is -2.09. The summed E-state index contributed by atoms with van der Waals surface area (Å²) in [6.07, 6.45) is 10.3. The molecular weight excluding hydrogens is 316 g/mol. The van der Waals surface area contributed by atoms with E-state index in [4.69, 9.17) is 9.47 Å². The molecule has 140 valence electrons. The number of benzene rings is 1. The molecule has 0 N–H and O–H groups in total. The molecule has 0 heterocycles. The van der Waals surface area contributed by atoms with Gasteiger partial charge in [0.15, 0.2) is 0 Å². The maximum Gasteiger partial charge on any atom is 0.338 e. The van der Waals surface area contributed by atoms with Gasteiger partial charge in [0, 0.05) is 6.42 Å². The van der Waals surface area contributed by atoms with Gasteiger partial charge in [-0.1, -0.05) is 63.6 Å². The second kappa shape index (κ2) is 14.5. The highest BCUT2D eigenvalue weighted by atomic mass is 16.5. The largest absolute Gasteiger partial charge is 0.466 e. The van der Waals surface area contributed by atoms with E-state index >= 15 is 0 Å². The first-order valence-corrected chi connectivity index (χ1v) is 9.62. The smallest absolute Gasteiger partial charge is 0.338 e. The highest BCUT2D eigenvalue weighted by molar-refractivity contribution is 5.89. The summed E-state index contributed by atoms with van der Waals surface area (Å²) in [6.45, 7) is 2.96. The Balaban J connectivity index is 1.90. The summed E-state index contributed by atoms with van der Waals surface area (Å²) in [7, 11) is 0. The molecule has 0 bridgehead atoms. The van der Waals surface area contributed by atoms with Crippen molar-refractivity contribution in [3.63, 3.8) is 0 Å². The van der Waals surface area contributed by atoms with E-state index in [1.807, 2.05) is 6.07 Å². The van der Waals surface area contributed by atoms with Crippen molar-refractivity contribution in [2.24, 2.45) is 0 Å². The number of hydrogen-bond acceptors (Lipinski definition) is 4. The zero-order chi connectivity index (χ0) is 18.2. The number of carbonyl (C=O) groups is 2. The van der Waals surface area contributed by atoms with E-state index in [1.165, 1.54) is 32.1 Å². The van der Waals surface area contributed by atoms with Crippen LogP contribution in [-0.4, -0.2) is 25.2 Å². The molecule has 4 heteroatoms. The average Bonchev–Trinajstić information content (AvgIpc) is 2.64. The first-order chi connectivity index (χ1) is 12.2. The predicted octanol–water partition coefficient (Wildman–Crippen LogP) is 5.31. The third-order valence-corrected chi connectivity index (χ3v) is 4.03. The Kier molecular flexibility index (Phi) is 12.3. The van der Waals surface area contributed by atoms with Crippen molar-refractivity contribution in [1.29, 1.82) is 0 Å². The fourth-order valence-corrected chi connectivity index (χ4v) is 2.51. The fraction of sp³-hybridized carbons (Fsp3) is 0.619. The van der Waals surface area contributed by atoms with Crippen molar-refractivity contribution in [2.75, 3.05) is 13.2 Å². The number of esters is 2. The lowest BCUT2D eigenvalue weighted by molar-refractivity contribution is -0.144. The SMILES string of the molecule is CCCCCCCCCC(=O)OCCCCOC(=O)c1ccccc1. The van der Waals surface area contributed by atoms with Gasteiger partial charge in [0.1, 0.15) is 0 Å². The van der Waals surface area contributed by atoms with Gasteiger partial charge >= 0.3 is 11.9 Å². The molecule has 0 saturated heterocycles.